The number of furan rings is 1. The first-order chi connectivity index (χ1) is 12.2. The number of morpholine rings is 1. The third kappa shape index (κ3) is 3.26. The molecule has 4 rings (SSSR count). The van der Waals surface area contributed by atoms with Crippen LogP contribution in [0.25, 0.3) is 11.5 Å². The fraction of sp³-hybridized carbons (Fsp3) is 0.235. The molecule has 128 valence electrons. The lowest BCUT2D eigenvalue weighted by Crippen LogP contribution is -2.42. The SMILES string of the molecule is O=C(c1ccc(-c2n[nH]c(=S)o2)cc1)N1CCO[C@@H](c2ccco2)C1. The van der Waals surface area contributed by atoms with Gasteiger partial charge in [-0.2, -0.15) is 0 Å². The molecule has 0 saturated carbocycles. The Bertz CT molecular complexity index is 914. The van der Waals surface area contributed by atoms with Crippen molar-refractivity contribution in [2.75, 3.05) is 19.7 Å². The summed E-state index contributed by atoms with van der Waals surface area (Å²) in [6, 6.07) is 10.7. The van der Waals surface area contributed by atoms with Crippen molar-refractivity contribution >= 4 is 18.1 Å². The molecule has 25 heavy (non-hydrogen) atoms. The molecular formula is C17H15N3O4S. The summed E-state index contributed by atoms with van der Waals surface area (Å²) < 4.78 is 16.3. The molecule has 1 atom stereocenters. The average Bonchev–Trinajstić information content (AvgIpc) is 3.33. The van der Waals surface area contributed by atoms with Gasteiger partial charge in [0, 0.05) is 17.7 Å². The van der Waals surface area contributed by atoms with Gasteiger partial charge in [-0.05, 0) is 48.6 Å². The van der Waals surface area contributed by atoms with Gasteiger partial charge in [-0.15, -0.1) is 5.10 Å². The molecule has 2 aromatic heterocycles. The van der Waals surface area contributed by atoms with Crippen LogP contribution in [0.15, 0.2) is 51.5 Å². The summed E-state index contributed by atoms with van der Waals surface area (Å²) >= 11 is 4.87. The van der Waals surface area contributed by atoms with Crippen LogP contribution < -0.4 is 0 Å². The molecule has 0 radical (unpaired) electrons. The number of nitrogens with zero attached hydrogens (tertiary/aromatic N) is 2. The van der Waals surface area contributed by atoms with Crippen molar-refractivity contribution in [2.24, 2.45) is 0 Å². The van der Waals surface area contributed by atoms with Crippen LogP contribution in [-0.2, 0) is 4.74 Å². The van der Waals surface area contributed by atoms with Crippen molar-refractivity contribution in [3.8, 4) is 11.5 Å². The molecule has 1 aliphatic rings. The number of aromatic amines is 1. The van der Waals surface area contributed by atoms with E-state index in [0.29, 0.717) is 31.2 Å². The maximum absolute atomic E-state index is 12.7. The lowest BCUT2D eigenvalue weighted by molar-refractivity contribution is -0.0321. The molecule has 8 heteroatoms. The maximum atomic E-state index is 12.7. The Morgan fingerprint density at radius 2 is 2.12 bits per heavy atom. The van der Waals surface area contributed by atoms with Crippen LogP contribution in [0.3, 0.4) is 0 Å². The molecule has 0 bridgehead atoms. The zero-order chi connectivity index (χ0) is 17.2. The van der Waals surface area contributed by atoms with Crippen LogP contribution >= 0.6 is 12.2 Å². The number of amides is 1. The van der Waals surface area contributed by atoms with Gasteiger partial charge in [0.15, 0.2) is 0 Å². The van der Waals surface area contributed by atoms with Crippen molar-refractivity contribution in [3.05, 3.63) is 58.8 Å². The molecule has 1 N–H and O–H groups in total. The highest BCUT2D eigenvalue weighted by Crippen LogP contribution is 2.24. The summed E-state index contributed by atoms with van der Waals surface area (Å²) in [5.41, 5.74) is 1.34. The van der Waals surface area contributed by atoms with E-state index in [0.717, 1.165) is 11.3 Å². The van der Waals surface area contributed by atoms with E-state index < -0.39 is 0 Å². The fourth-order valence-corrected chi connectivity index (χ4v) is 2.90. The number of benzene rings is 1. The summed E-state index contributed by atoms with van der Waals surface area (Å²) in [5.74, 6) is 1.08. The number of hydrogen-bond donors (Lipinski definition) is 1. The Labute approximate surface area is 148 Å². The van der Waals surface area contributed by atoms with Crippen molar-refractivity contribution in [3.63, 3.8) is 0 Å². The van der Waals surface area contributed by atoms with Gasteiger partial charge in [-0.25, -0.2) is 5.10 Å². The van der Waals surface area contributed by atoms with Gasteiger partial charge in [0.05, 0.1) is 19.4 Å². The van der Waals surface area contributed by atoms with Gasteiger partial charge in [-0.3, -0.25) is 4.79 Å². The zero-order valence-electron chi connectivity index (χ0n) is 13.2. The number of carbonyl (C=O) groups excluding carboxylic acids is 1. The molecular weight excluding hydrogens is 342 g/mol. The number of ether oxygens (including phenoxy) is 1. The lowest BCUT2D eigenvalue weighted by atomic mass is 10.1. The predicted molar refractivity (Wildman–Crippen MR) is 90.4 cm³/mol. The minimum atomic E-state index is -0.236. The number of rotatable bonds is 3. The highest BCUT2D eigenvalue weighted by Gasteiger charge is 2.27. The van der Waals surface area contributed by atoms with E-state index in [9.17, 15) is 4.79 Å². The average molecular weight is 357 g/mol. The van der Waals surface area contributed by atoms with Crippen LogP contribution in [0.2, 0.25) is 0 Å². The first-order valence-corrected chi connectivity index (χ1v) is 8.22. The van der Waals surface area contributed by atoms with E-state index in [1.54, 1.807) is 35.4 Å². The Balaban J connectivity index is 1.49. The number of aromatic nitrogens is 2. The van der Waals surface area contributed by atoms with Gasteiger partial charge < -0.3 is 18.5 Å². The van der Waals surface area contributed by atoms with Crippen LogP contribution in [0.1, 0.15) is 22.2 Å². The molecule has 1 aliphatic heterocycles. The Morgan fingerprint density at radius 1 is 1.28 bits per heavy atom. The van der Waals surface area contributed by atoms with Crippen molar-refractivity contribution in [1.29, 1.82) is 0 Å². The molecule has 1 aromatic carbocycles. The van der Waals surface area contributed by atoms with Crippen LogP contribution in [0.4, 0.5) is 0 Å². The Morgan fingerprint density at radius 3 is 2.80 bits per heavy atom. The summed E-state index contributed by atoms with van der Waals surface area (Å²) in [7, 11) is 0. The van der Waals surface area contributed by atoms with Crippen molar-refractivity contribution < 1.29 is 18.4 Å². The maximum Gasteiger partial charge on any atom is 0.284 e. The van der Waals surface area contributed by atoms with Gasteiger partial charge in [0.2, 0.25) is 5.89 Å². The molecule has 3 heterocycles. The van der Waals surface area contributed by atoms with Crippen molar-refractivity contribution in [1.82, 2.24) is 15.1 Å². The first-order valence-electron chi connectivity index (χ1n) is 7.81. The van der Waals surface area contributed by atoms with Crippen LogP contribution in [0, 0.1) is 4.84 Å². The third-order valence-corrected chi connectivity index (χ3v) is 4.21. The molecule has 3 aromatic rings. The molecule has 0 unspecified atom stereocenters. The largest absolute Gasteiger partial charge is 0.467 e. The first kappa shape index (κ1) is 15.8. The second-order valence-electron chi connectivity index (χ2n) is 5.62. The molecule has 0 spiro atoms. The highest BCUT2D eigenvalue weighted by atomic mass is 32.1. The second-order valence-corrected chi connectivity index (χ2v) is 5.99. The van der Waals surface area contributed by atoms with Crippen LogP contribution in [-0.4, -0.2) is 40.7 Å². The minimum absolute atomic E-state index is 0.0469. The van der Waals surface area contributed by atoms with Crippen molar-refractivity contribution in [2.45, 2.75) is 6.10 Å². The summed E-state index contributed by atoms with van der Waals surface area (Å²) in [6.45, 7) is 1.48. The number of carbonyl (C=O) groups is 1. The summed E-state index contributed by atoms with van der Waals surface area (Å²) in [6.07, 6.45) is 1.37. The fourth-order valence-electron chi connectivity index (χ4n) is 2.77. The van der Waals surface area contributed by atoms with E-state index in [1.165, 1.54) is 0 Å². The lowest BCUT2D eigenvalue weighted by Gasteiger charge is -2.32. The van der Waals surface area contributed by atoms with E-state index >= 15 is 0 Å². The van der Waals surface area contributed by atoms with E-state index in [2.05, 4.69) is 10.2 Å². The topological polar surface area (TPSA) is 84.5 Å². The molecule has 1 amide bonds. The zero-order valence-corrected chi connectivity index (χ0v) is 14.0. The number of nitrogens with one attached hydrogen (secondary N) is 1. The second kappa shape index (κ2) is 6.66. The van der Waals surface area contributed by atoms with Gasteiger partial charge in [0.25, 0.3) is 10.7 Å². The normalized spacial score (nSPS) is 17.6. The van der Waals surface area contributed by atoms with Gasteiger partial charge >= 0.3 is 0 Å². The van der Waals surface area contributed by atoms with Gasteiger partial charge in [-0.1, -0.05) is 0 Å². The highest BCUT2D eigenvalue weighted by molar-refractivity contribution is 7.71. The summed E-state index contributed by atoms with van der Waals surface area (Å²) in [5, 5.41) is 6.55. The standard InChI is InChI=1S/C17H15N3O4S/c21-16(20-7-9-23-14(10-20)13-2-1-8-22-13)12-5-3-11(4-6-12)15-18-19-17(25)24-15/h1-6,8,14H,7,9-10H2,(H,19,25)/t14-/m1/s1. The quantitative estimate of drug-likeness (QED) is 0.725. The van der Waals surface area contributed by atoms with Crippen LogP contribution in [0.5, 0.6) is 0 Å². The number of hydrogen-bond acceptors (Lipinski definition) is 6. The van der Waals surface area contributed by atoms with E-state index in [-0.39, 0.29) is 16.8 Å². The number of H-pyrrole nitrogens is 1. The molecule has 7 nitrogen and oxygen atoms in total. The molecule has 1 saturated heterocycles. The van der Waals surface area contributed by atoms with E-state index in [4.69, 9.17) is 25.8 Å². The Hall–Kier alpha value is -2.71. The summed E-state index contributed by atoms with van der Waals surface area (Å²) in [4.78, 5) is 14.7. The monoisotopic (exact) mass is 357 g/mol. The minimum Gasteiger partial charge on any atom is -0.467 e. The third-order valence-electron chi connectivity index (χ3n) is 4.03. The van der Waals surface area contributed by atoms with E-state index in [1.807, 2.05) is 12.1 Å². The molecule has 0 aliphatic carbocycles. The van der Waals surface area contributed by atoms with Gasteiger partial charge in [0.1, 0.15) is 11.9 Å². The molecule has 1 fully saturated rings. The smallest absolute Gasteiger partial charge is 0.284 e. The Kier molecular flexibility index (Phi) is 4.21. The predicted octanol–water partition coefficient (Wildman–Crippen LogP) is 3.21.